The first-order valence-corrected chi connectivity index (χ1v) is 9.08. The zero-order valence-corrected chi connectivity index (χ0v) is 16.2. The molecule has 0 aliphatic carbocycles. The second-order valence-electron chi connectivity index (χ2n) is 6.86. The molecule has 0 bridgehead atoms. The van der Waals surface area contributed by atoms with Gasteiger partial charge in [0.15, 0.2) is 0 Å². The summed E-state index contributed by atoms with van der Waals surface area (Å²) >= 11 is 0. The first-order valence-electron chi connectivity index (χ1n) is 9.08. The average Bonchev–Trinajstić information content (AvgIpc) is 3.14. The molecule has 2 heterocycles. The number of hydrogen-bond acceptors (Lipinski definition) is 4. The number of amides is 1. The van der Waals surface area contributed by atoms with Crippen molar-refractivity contribution in [3.05, 3.63) is 76.7 Å². The van der Waals surface area contributed by atoms with Crippen LogP contribution >= 0.6 is 0 Å². The fourth-order valence-corrected chi connectivity index (χ4v) is 3.25. The van der Waals surface area contributed by atoms with Gasteiger partial charge in [-0.1, -0.05) is 18.2 Å². The van der Waals surface area contributed by atoms with Crippen LogP contribution in [0.3, 0.4) is 0 Å². The zero-order valence-electron chi connectivity index (χ0n) is 16.2. The molecule has 0 unspecified atom stereocenters. The molecular formula is C22H19FN4O2. The highest BCUT2D eigenvalue weighted by molar-refractivity contribution is 6.32. The predicted octanol–water partition coefficient (Wildman–Crippen LogP) is 4.14. The summed E-state index contributed by atoms with van der Waals surface area (Å²) < 4.78 is 14.6. The maximum Gasteiger partial charge on any atom is 0.280 e. The van der Waals surface area contributed by atoms with Crippen molar-refractivity contribution >= 4 is 23.4 Å². The first-order chi connectivity index (χ1) is 13.9. The van der Waals surface area contributed by atoms with Crippen LogP contribution in [-0.4, -0.2) is 26.5 Å². The number of aromatic hydroxyl groups is 1. The van der Waals surface area contributed by atoms with Gasteiger partial charge >= 0.3 is 0 Å². The Labute approximate surface area is 167 Å². The van der Waals surface area contributed by atoms with E-state index in [1.54, 1.807) is 19.9 Å². The van der Waals surface area contributed by atoms with Crippen LogP contribution in [0.25, 0.3) is 11.8 Å². The molecule has 2 aromatic carbocycles. The number of aryl methyl sites for hydroxylation is 2. The van der Waals surface area contributed by atoms with E-state index in [0.717, 1.165) is 11.3 Å². The zero-order chi connectivity index (χ0) is 20.7. The summed E-state index contributed by atoms with van der Waals surface area (Å²) in [6.07, 6.45) is 1.59. The van der Waals surface area contributed by atoms with Gasteiger partial charge < -0.3 is 5.11 Å². The second-order valence-corrected chi connectivity index (χ2v) is 6.86. The van der Waals surface area contributed by atoms with Crippen LogP contribution < -0.4 is 5.01 Å². The van der Waals surface area contributed by atoms with Crippen molar-refractivity contribution in [2.75, 3.05) is 5.01 Å². The van der Waals surface area contributed by atoms with Gasteiger partial charge in [-0.15, -0.1) is 0 Å². The van der Waals surface area contributed by atoms with E-state index in [1.807, 2.05) is 31.2 Å². The quantitative estimate of drug-likeness (QED) is 0.684. The Morgan fingerprint density at radius 1 is 1.03 bits per heavy atom. The van der Waals surface area contributed by atoms with E-state index >= 15 is 0 Å². The Hall–Kier alpha value is -3.74. The van der Waals surface area contributed by atoms with Crippen LogP contribution in [0.4, 0.5) is 10.1 Å². The number of hydrazone groups is 1. The van der Waals surface area contributed by atoms with Crippen molar-refractivity contribution < 1.29 is 14.3 Å². The minimum atomic E-state index is -0.388. The lowest BCUT2D eigenvalue weighted by Crippen LogP contribution is -2.21. The Balaban J connectivity index is 1.74. The van der Waals surface area contributed by atoms with Crippen LogP contribution in [0, 0.1) is 19.7 Å². The summed E-state index contributed by atoms with van der Waals surface area (Å²) in [6.45, 7) is 5.41. The van der Waals surface area contributed by atoms with E-state index < -0.39 is 0 Å². The largest absolute Gasteiger partial charge is 0.493 e. The fraction of sp³-hybridized carbons (Fsp3) is 0.136. The highest BCUT2D eigenvalue weighted by atomic mass is 19.1. The molecule has 3 aromatic rings. The molecule has 0 radical (unpaired) electrons. The van der Waals surface area contributed by atoms with E-state index in [9.17, 15) is 14.3 Å². The van der Waals surface area contributed by atoms with Gasteiger partial charge in [0.1, 0.15) is 5.82 Å². The van der Waals surface area contributed by atoms with Crippen molar-refractivity contribution in [3.8, 4) is 11.6 Å². The molecule has 1 aliphatic heterocycles. The van der Waals surface area contributed by atoms with Gasteiger partial charge in [0.25, 0.3) is 5.91 Å². The Morgan fingerprint density at radius 3 is 2.41 bits per heavy atom. The van der Waals surface area contributed by atoms with Crippen LogP contribution in [-0.2, 0) is 4.79 Å². The lowest BCUT2D eigenvalue weighted by atomic mass is 10.1. The Kier molecular flexibility index (Phi) is 4.50. The van der Waals surface area contributed by atoms with Gasteiger partial charge in [-0.3, -0.25) is 4.79 Å². The van der Waals surface area contributed by atoms with Crippen molar-refractivity contribution in [3.63, 3.8) is 0 Å². The SMILES string of the molecule is CC1=NN(c2ccc(F)cc2)C(=O)/C1=C\c1c(C)nn(-c2ccccc2C)c1O. The molecular weight excluding hydrogens is 371 g/mol. The number of hydrogen-bond donors (Lipinski definition) is 1. The fourth-order valence-electron chi connectivity index (χ4n) is 3.25. The monoisotopic (exact) mass is 390 g/mol. The maximum absolute atomic E-state index is 13.2. The van der Waals surface area contributed by atoms with E-state index in [1.165, 1.54) is 34.0 Å². The lowest BCUT2D eigenvalue weighted by molar-refractivity contribution is -0.114. The highest BCUT2D eigenvalue weighted by Gasteiger charge is 2.30. The molecule has 1 amide bonds. The second kappa shape index (κ2) is 7.01. The molecule has 6 nitrogen and oxygen atoms in total. The minimum absolute atomic E-state index is 0.0508. The third kappa shape index (κ3) is 3.20. The van der Waals surface area contributed by atoms with Crippen LogP contribution in [0.2, 0.25) is 0 Å². The summed E-state index contributed by atoms with van der Waals surface area (Å²) in [4.78, 5) is 12.9. The lowest BCUT2D eigenvalue weighted by Gasteiger charge is -2.11. The summed E-state index contributed by atoms with van der Waals surface area (Å²) in [5.74, 6) is -0.789. The number of nitrogens with zero attached hydrogens (tertiary/aromatic N) is 4. The van der Waals surface area contributed by atoms with Gasteiger partial charge in [0.2, 0.25) is 5.88 Å². The molecule has 0 saturated heterocycles. The normalized spacial score (nSPS) is 15.3. The molecule has 1 N–H and O–H groups in total. The molecule has 0 atom stereocenters. The number of benzene rings is 2. The summed E-state index contributed by atoms with van der Waals surface area (Å²) in [6, 6.07) is 13.1. The molecule has 29 heavy (non-hydrogen) atoms. The van der Waals surface area contributed by atoms with E-state index in [-0.39, 0.29) is 17.6 Å². The summed E-state index contributed by atoms with van der Waals surface area (Å²) in [7, 11) is 0. The summed E-state index contributed by atoms with van der Waals surface area (Å²) in [5, 5.41) is 20.7. The number of carbonyl (C=O) groups excluding carboxylic acids is 1. The third-order valence-corrected chi connectivity index (χ3v) is 4.85. The van der Waals surface area contributed by atoms with Crippen LogP contribution in [0.1, 0.15) is 23.7 Å². The van der Waals surface area contributed by atoms with Gasteiger partial charge in [0, 0.05) is 0 Å². The van der Waals surface area contributed by atoms with Gasteiger partial charge in [-0.05, 0) is 62.7 Å². The number of rotatable bonds is 3. The molecule has 7 heteroatoms. The smallest absolute Gasteiger partial charge is 0.280 e. The highest BCUT2D eigenvalue weighted by Crippen LogP contribution is 2.31. The first kappa shape index (κ1) is 18.6. The van der Waals surface area contributed by atoms with E-state index in [0.29, 0.717) is 28.2 Å². The predicted molar refractivity (Wildman–Crippen MR) is 110 cm³/mol. The average molecular weight is 390 g/mol. The van der Waals surface area contributed by atoms with E-state index in [4.69, 9.17) is 0 Å². The Bertz CT molecular complexity index is 1180. The number of anilines is 1. The summed E-state index contributed by atoms with van der Waals surface area (Å²) in [5.41, 5.74) is 4.07. The maximum atomic E-state index is 13.2. The molecule has 1 aromatic heterocycles. The van der Waals surface area contributed by atoms with Crippen molar-refractivity contribution in [2.45, 2.75) is 20.8 Å². The van der Waals surface area contributed by atoms with Crippen LogP contribution in [0.15, 0.2) is 59.2 Å². The number of halogens is 1. The van der Waals surface area contributed by atoms with E-state index in [2.05, 4.69) is 10.2 Å². The molecule has 0 fully saturated rings. The molecule has 146 valence electrons. The molecule has 4 rings (SSSR count). The van der Waals surface area contributed by atoms with Crippen molar-refractivity contribution in [2.24, 2.45) is 5.10 Å². The topological polar surface area (TPSA) is 70.7 Å². The molecule has 0 spiro atoms. The minimum Gasteiger partial charge on any atom is -0.493 e. The number of carbonyl (C=O) groups is 1. The molecule has 0 saturated carbocycles. The number of para-hydroxylation sites is 1. The van der Waals surface area contributed by atoms with Crippen molar-refractivity contribution in [1.82, 2.24) is 9.78 Å². The standard InChI is InChI=1S/C22H19FN4O2/c1-13-6-4-5-7-20(13)27-22(29)19(15(3)25-27)12-18-14(2)24-26(21(18)28)17-10-8-16(23)9-11-17/h4-12,29H,1-3H3/b18-12-. The van der Waals surface area contributed by atoms with Crippen LogP contribution in [0.5, 0.6) is 5.88 Å². The van der Waals surface area contributed by atoms with Gasteiger partial charge in [-0.2, -0.15) is 15.2 Å². The Morgan fingerprint density at radius 2 is 1.72 bits per heavy atom. The van der Waals surface area contributed by atoms with Gasteiger partial charge in [0.05, 0.1) is 33.9 Å². The number of aromatic nitrogens is 2. The van der Waals surface area contributed by atoms with Crippen molar-refractivity contribution in [1.29, 1.82) is 0 Å². The van der Waals surface area contributed by atoms with Gasteiger partial charge in [-0.25, -0.2) is 9.07 Å². The third-order valence-electron chi connectivity index (χ3n) is 4.85. The molecule has 1 aliphatic rings.